The second-order valence-corrected chi connectivity index (χ2v) is 3.95. The van der Waals surface area contributed by atoms with Crippen molar-refractivity contribution in [3.05, 3.63) is 29.6 Å². The maximum absolute atomic E-state index is 5.17. The van der Waals surface area contributed by atoms with Crippen LogP contribution < -0.4 is 0 Å². The summed E-state index contributed by atoms with van der Waals surface area (Å²) in [5.41, 5.74) is 1.84. The van der Waals surface area contributed by atoms with Gasteiger partial charge in [-0.05, 0) is 19.1 Å². The molecule has 3 aromatic rings. The van der Waals surface area contributed by atoms with Crippen molar-refractivity contribution in [1.82, 2.24) is 29.4 Å². The Labute approximate surface area is 102 Å². The van der Waals surface area contributed by atoms with E-state index in [1.54, 1.807) is 29.3 Å². The zero-order valence-corrected chi connectivity index (χ0v) is 9.98. The summed E-state index contributed by atoms with van der Waals surface area (Å²) in [6.07, 6.45) is 7.03. The van der Waals surface area contributed by atoms with Crippen molar-refractivity contribution in [3.63, 3.8) is 0 Å². The highest BCUT2D eigenvalue weighted by Gasteiger charge is 2.12. The normalized spacial score (nSPS) is 11.1. The Morgan fingerprint density at radius 3 is 3.12 bits per heavy atom. The van der Waals surface area contributed by atoms with Gasteiger partial charge >= 0.3 is 0 Å². The molecule has 0 saturated heterocycles. The first-order valence-electron chi connectivity index (χ1n) is 5.24. The van der Waals surface area contributed by atoms with E-state index in [2.05, 4.69) is 20.3 Å². The van der Waals surface area contributed by atoms with Crippen LogP contribution in [-0.2, 0) is 6.54 Å². The minimum Gasteiger partial charge on any atom is -0.300 e. The maximum Gasteiger partial charge on any atom is 0.195 e. The van der Waals surface area contributed by atoms with Gasteiger partial charge in [-0.2, -0.15) is 10.2 Å². The highest BCUT2D eigenvalue weighted by molar-refractivity contribution is 7.71. The van der Waals surface area contributed by atoms with Gasteiger partial charge in [-0.25, -0.2) is 4.52 Å². The van der Waals surface area contributed by atoms with Crippen LogP contribution in [0.1, 0.15) is 6.92 Å². The molecule has 0 unspecified atom stereocenters. The number of fused-ring (bicyclic) bond motifs is 1. The Bertz CT molecular complexity index is 722. The average molecular weight is 246 g/mol. The standard InChI is InChI=1S/C10H10N6S/c1-2-15-9(13-14-10(15)17)7-5-12-16-4-3-11-6-8(7)16/h3-6H,2H2,1H3,(H,14,17). The van der Waals surface area contributed by atoms with Crippen LogP contribution in [0, 0.1) is 4.77 Å². The van der Waals surface area contributed by atoms with E-state index in [1.807, 2.05) is 11.5 Å². The fraction of sp³-hybridized carbons (Fsp3) is 0.200. The first-order chi connectivity index (χ1) is 8.31. The Morgan fingerprint density at radius 1 is 1.41 bits per heavy atom. The molecule has 0 aliphatic heterocycles. The molecule has 0 amide bonds. The van der Waals surface area contributed by atoms with Crippen LogP contribution in [0.25, 0.3) is 16.9 Å². The molecule has 0 bridgehead atoms. The lowest BCUT2D eigenvalue weighted by molar-refractivity contribution is 0.756. The Balaban J connectivity index is 2.31. The van der Waals surface area contributed by atoms with Crippen LogP contribution in [0.15, 0.2) is 24.8 Å². The Kier molecular flexibility index (Phi) is 2.25. The van der Waals surface area contributed by atoms with Gasteiger partial charge in [0.1, 0.15) is 0 Å². The molecule has 0 fully saturated rings. The van der Waals surface area contributed by atoms with Crippen molar-refractivity contribution in [2.24, 2.45) is 0 Å². The Hall–Kier alpha value is -2.02. The van der Waals surface area contributed by atoms with Crippen molar-refractivity contribution in [3.8, 4) is 11.4 Å². The molecule has 3 rings (SSSR count). The van der Waals surface area contributed by atoms with Crippen LogP contribution >= 0.6 is 12.2 Å². The van der Waals surface area contributed by atoms with Gasteiger partial charge in [0.05, 0.1) is 23.5 Å². The lowest BCUT2D eigenvalue weighted by Crippen LogP contribution is -1.97. The summed E-state index contributed by atoms with van der Waals surface area (Å²) in [5, 5.41) is 11.3. The molecule has 0 aliphatic carbocycles. The van der Waals surface area contributed by atoms with Crippen molar-refractivity contribution in [2.75, 3.05) is 0 Å². The van der Waals surface area contributed by atoms with Crippen molar-refractivity contribution in [1.29, 1.82) is 0 Å². The van der Waals surface area contributed by atoms with E-state index in [0.717, 1.165) is 23.4 Å². The van der Waals surface area contributed by atoms with Crippen LogP contribution in [0.3, 0.4) is 0 Å². The first-order valence-corrected chi connectivity index (χ1v) is 5.65. The van der Waals surface area contributed by atoms with Gasteiger partial charge in [0.15, 0.2) is 10.6 Å². The average Bonchev–Trinajstić information content (AvgIpc) is 2.92. The van der Waals surface area contributed by atoms with E-state index in [1.165, 1.54) is 0 Å². The van der Waals surface area contributed by atoms with Crippen molar-refractivity contribution in [2.45, 2.75) is 13.5 Å². The maximum atomic E-state index is 5.17. The first kappa shape index (κ1) is 10.2. The zero-order valence-electron chi connectivity index (χ0n) is 9.16. The molecular formula is C10H10N6S. The number of nitrogens with zero attached hydrogens (tertiary/aromatic N) is 5. The number of aromatic nitrogens is 6. The molecule has 0 radical (unpaired) electrons. The van der Waals surface area contributed by atoms with Crippen LogP contribution in [-0.4, -0.2) is 29.4 Å². The lowest BCUT2D eigenvalue weighted by atomic mass is 10.3. The largest absolute Gasteiger partial charge is 0.300 e. The molecular weight excluding hydrogens is 236 g/mol. The third-order valence-corrected chi connectivity index (χ3v) is 2.95. The van der Waals surface area contributed by atoms with Gasteiger partial charge in [-0.3, -0.25) is 10.1 Å². The predicted molar refractivity (Wildman–Crippen MR) is 65.1 cm³/mol. The molecule has 86 valence electrons. The van der Waals surface area contributed by atoms with E-state index >= 15 is 0 Å². The molecule has 0 atom stereocenters. The summed E-state index contributed by atoms with van der Waals surface area (Å²) >= 11 is 5.17. The predicted octanol–water partition coefficient (Wildman–Crippen LogP) is 1.67. The quantitative estimate of drug-likeness (QED) is 0.699. The summed E-state index contributed by atoms with van der Waals surface area (Å²) in [6.45, 7) is 2.79. The molecule has 3 heterocycles. The molecule has 17 heavy (non-hydrogen) atoms. The number of rotatable bonds is 2. The van der Waals surface area contributed by atoms with Gasteiger partial charge in [-0.1, -0.05) is 0 Å². The topological polar surface area (TPSA) is 63.8 Å². The highest BCUT2D eigenvalue weighted by Crippen LogP contribution is 2.21. The van der Waals surface area contributed by atoms with Crippen LogP contribution in [0.2, 0.25) is 0 Å². The SMILES string of the molecule is CCn1c(-c2cnn3ccncc23)n[nH]c1=S. The Morgan fingerprint density at radius 2 is 2.29 bits per heavy atom. The monoisotopic (exact) mass is 246 g/mol. The molecule has 0 spiro atoms. The zero-order chi connectivity index (χ0) is 11.8. The highest BCUT2D eigenvalue weighted by atomic mass is 32.1. The second-order valence-electron chi connectivity index (χ2n) is 3.56. The van der Waals surface area contributed by atoms with Gasteiger partial charge in [0, 0.05) is 18.9 Å². The number of aromatic amines is 1. The minimum absolute atomic E-state index is 0.616. The molecule has 0 aromatic carbocycles. The molecule has 3 aromatic heterocycles. The van der Waals surface area contributed by atoms with Crippen LogP contribution in [0.4, 0.5) is 0 Å². The number of nitrogens with one attached hydrogen (secondary N) is 1. The summed E-state index contributed by atoms with van der Waals surface area (Å²) in [7, 11) is 0. The molecule has 1 N–H and O–H groups in total. The molecule has 0 aliphatic rings. The van der Waals surface area contributed by atoms with Gasteiger partial charge in [0.2, 0.25) is 0 Å². The van der Waals surface area contributed by atoms with Crippen molar-refractivity contribution < 1.29 is 0 Å². The number of H-pyrrole nitrogens is 1. The van der Waals surface area contributed by atoms with Gasteiger partial charge in [0.25, 0.3) is 0 Å². The van der Waals surface area contributed by atoms with Crippen molar-refractivity contribution >= 4 is 17.7 Å². The molecule has 6 nitrogen and oxygen atoms in total. The molecule has 0 saturated carbocycles. The second kappa shape index (κ2) is 3.77. The van der Waals surface area contributed by atoms with E-state index in [0.29, 0.717) is 4.77 Å². The summed E-state index contributed by atoms with van der Waals surface area (Å²) in [6, 6.07) is 0. The number of hydrogen-bond donors (Lipinski definition) is 1. The lowest BCUT2D eigenvalue weighted by Gasteiger charge is -2.00. The third kappa shape index (κ3) is 1.47. The summed E-state index contributed by atoms with van der Waals surface area (Å²) in [5.74, 6) is 0.792. The van der Waals surface area contributed by atoms with E-state index < -0.39 is 0 Å². The number of hydrogen-bond acceptors (Lipinski definition) is 4. The van der Waals surface area contributed by atoms with E-state index in [-0.39, 0.29) is 0 Å². The van der Waals surface area contributed by atoms with Gasteiger partial charge < -0.3 is 4.57 Å². The van der Waals surface area contributed by atoms with Gasteiger partial charge in [-0.15, -0.1) is 0 Å². The summed E-state index contributed by atoms with van der Waals surface area (Å²) < 4.78 is 4.31. The van der Waals surface area contributed by atoms with E-state index in [4.69, 9.17) is 12.2 Å². The minimum atomic E-state index is 0.616. The summed E-state index contributed by atoms with van der Waals surface area (Å²) in [4.78, 5) is 4.10. The fourth-order valence-corrected chi connectivity index (χ4v) is 2.08. The fourth-order valence-electron chi connectivity index (χ4n) is 1.82. The third-order valence-electron chi connectivity index (χ3n) is 2.64. The van der Waals surface area contributed by atoms with Crippen LogP contribution in [0.5, 0.6) is 0 Å². The van der Waals surface area contributed by atoms with E-state index in [9.17, 15) is 0 Å². The molecule has 7 heteroatoms. The smallest absolute Gasteiger partial charge is 0.195 e.